The molecule has 4 aromatic rings. The van der Waals surface area contributed by atoms with E-state index in [2.05, 4.69) is 41.4 Å². The van der Waals surface area contributed by atoms with E-state index in [4.69, 9.17) is 21.1 Å². The van der Waals surface area contributed by atoms with Gasteiger partial charge >= 0.3 is 0 Å². The van der Waals surface area contributed by atoms with Gasteiger partial charge in [-0.2, -0.15) is 0 Å². The van der Waals surface area contributed by atoms with Crippen LogP contribution in [-0.2, 0) is 17.8 Å². The maximum absolute atomic E-state index is 13.4. The zero-order valence-electron chi connectivity index (χ0n) is 21.2. The number of hydrogen-bond acceptors (Lipinski definition) is 3. The smallest absolute Gasteiger partial charge is 0.223 e. The van der Waals surface area contributed by atoms with Crippen molar-refractivity contribution in [2.45, 2.75) is 44.8 Å². The lowest BCUT2D eigenvalue weighted by atomic mass is 9.91. The number of carbonyl (C=O) groups is 1. The van der Waals surface area contributed by atoms with Crippen LogP contribution in [0.5, 0.6) is 11.5 Å². The van der Waals surface area contributed by atoms with Gasteiger partial charge in [0.05, 0.1) is 13.2 Å². The van der Waals surface area contributed by atoms with Crippen molar-refractivity contribution in [2.24, 2.45) is 0 Å². The van der Waals surface area contributed by atoms with Crippen LogP contribution < -0.4 is 9.47 Å². The molecule has 2 heterocycles. The highest BCUT2D eigenvalue weighted by Gasteiger charge is 2.34. The third-order valence-electron chi connectivity index (χ3n) is 7.12. The number of hydrogen-bond donors (Lipinski definition) is 1. The number of aromatic nitrogens is 1. The third-order valence-corrected chi connectivity index (χ3v) is 7.39. The summed E-state index contributed by atoms with van der Waals surface area (Å²) in [7, 11) is 1.69. The Kier molecular flexibility index (Phi) is 8.00. The Morgan fingerprint density at radius 3 is 2.54 bits per heavy atom. The van der Waals surface area contributed by atoms with Crippen LogP contribution in [0.15, 0.2) is 72.8 Å². The maximum Gasteiger partial charge on any atom is 0.223 e. The van der Waals surface area contributed by atoms with Gasteiger partial charge in [-0.15, -0.1) is 11.6 Å². The number of H-pyrrole nitrogens is 1. The summed E-state index contributed by atoms with van der Waals surface area (Å²) in [6.07, 6.45) is 4.12. The van der Waals surface area contributed by atoms with Gasteiger partial charge in [0.25, 0.3) is 0 Å². The molecule has 1 N–H and O–H groups in total. The molecular formula is C31H33ClN2O3. The number of benzene rings is 3. The Balaban J connectivity index is 1.44. The number of amides is 1. The van der Waals surface area contributed by atoms with Gasteiger partial charge in [0, 0.05) is 35.4 Å². The lowest BCUT2D eigenvalue weighted by molar-refractivity contribution is -0.133. The molecule has 0 saturated heterocycles. The fourth-order valence-corrected chi connectivity index (χ4v) is 5.38. The molecule has 0 unspecified atom stereocenters. The number of alkyl halides is 1. The molecule has 5 nitrogen and oxygen atoms in total. The molecular weight excluding hydrogens is 484 g/mol. The van der Waals surface area contributed by atoms with Crippen molar-refractivity contribution in [3.63, 3.8) is 0 Å². The van der Waals surface area contributed by atoms with Crippen molar-refractivity contribution in [1.82, 2.24) is 9.88 Å². The first-order valence-corrected chi connectivity index (χ1v) is 13.5. The molecule has 1 atom stereocenters. The number of halogens is 1. The zero-order chi connectivity index (χ0) is 25.6. The van der Waals surface area contributed by atoms with Crippen LogP contribution in [0.4, 0.5) is 0 Å². The molecule has 37 heavy (non-hydrogen) atoms. The Morgan fingerprint density at radius 2 is 1.78 bits per heavy atom. The van der Waals surface area contributed by atoms with E-state index in [1.165, 1.54) is 5.56 Å². The Hall–Kier alpha value is -3.44. The molecule has 1 aliphatic heterocycles. The summed E-state index contributed by atoms with van der Waals surface area (Å²) in [5.74, 6) is 2.47. The molecule has 6 heteroatoms. The number of unbranched alkanes of at least 4 members (excludes halogenated alkanes) is 2. The summed E-state index contributed by atoms with van der Waals surface area (Å²) < 4.78 is 11.5. The summed E-state index contributed by atoms with van der Waals surface area (Å²) in [5, 5.41) is 1.16. The van der Waals surface area contributed by atoms with Gasteiger partial charge in [0.15, 0.2) is 0 Å². The van der Waals surface area contributed by atoms with E-state index in [0.717, 1.165) is 64.9 Å². The van der Waals surface area contributed by atoms with Crippen LogP contribution in [0.3, 0.4) is 0 Å². The van der Waals surface area contributed by atoms with Crippen LogP contribution >= 0.6 is 11.6 Å². The molecule has 1 aromatic heterocycles. The Morgan fingerprint density at radius 1 is 1.00 bits per heavy atom. The highest BCUT2D eigenvalue weighted by molar-refractivity contribution is 6.17. The van der Waals surface area contributed by atoms with Crippen molar-refractivity contribution >= 4 is 28.4 Å². The van der Waals surface area contributed by atoms with Crippen molar-refractivity contribution in [1.29, 1.82) is 0 Å². The minimum atomic E-state index is -0.175. The van der Waals surface area contributed by atoms with Crippen molar-refractivity contribution in [2.75, 3.05) is 19.5 Å². The second-order valence-electron chi connectivity index (χ2n) is 9.51. The average molecular weight is 517 g/mol. The molecule has 0 fully saturated rings. The first-order chi connectivity index (χ1) is 18.2. The van der Waals surface area contributed by atoms with Crippen molar-refractivity contribution in [3.05, 3.63) is 95.2 Å². The Bertz CT molecular complexity index is 1330. The summed E-state index contributed by atoms with van der Waals surface area (Å²) in [4.78, 5) is 19.1. The standard InChI is InChI=1S/C31H33ClN2O3/c1-36-25-15-16-28-27(20-25)26-17-19-34(29(35)10-6-3-7-18-32)31(30(26)33-28)23-11-13-24(14-12-23)37-21-22-8-4-2-5-9-22/h2,4-5,8-9,11-16,20,31,33H,3,6-7,10,17-19,21H2,1H3/t31-/m1/s1. The van der Waals surface area contributed by atoms with Gasteiger partial charge in [-0.3, -0.25) is 4.79 Å². The largest absolute Gasteiger partial charge is 0.497 e. The molecule has 3 aromatic carbocycles. The molecule has 0 radical (unpaired) electrons. The number of nitrogens with one attached hydrogen (secondary N) is 1. The van der Waals surface area contributed by atoms with E-state index >= 15 is 0 Å². The van der Waals surface area contributed by atoms with E-state index in [0.29, 0.717) is 25.5 Å². The van der Waals surface area contributed by atoms with Crippen LogP contribution in [0, 0.1) is 0 Å². The first kappa shape index (κ1) is 25.2. The quantitative estimate of drug-likeness (QED) is 0.182. The third kappa shape index (κ3) is 5.62. The van der Waals surface area contributed by atoms with Gasteiger partial charge < -0.3 is 19.4 Å². The SMILES string of the molecule is COc1ccc2[nH]c3c(c2c1)CCN(C(=O)CCCCCCl)[C@@H]3c1ccc(OCc2ccccc2)cc1. The topological polar surface area (TPSA) is 54.6 Å². The second kappa shape index (κ2) is 11.7. The van der Waals surface area contributed by atoms with Crippen molar-refractivity contribution in [3.8, 4) is 11.5 Å². The number of fused-ring (bicyclic) bond motifs is 3. The maximum atomic E-state index is 13.4. The van der Waals surface area contributed by atoms with E-state index in [-0.39, 0.29) is 11.9 Å². The van der Waals surface area contributed by atoms with Crippen LogP contribution in [0.25, 0.3) is 10.9 Å². The van der Waals surface area contributed by atoms with Gasteiger partial charge in [-0.1, -0.05) is 48.9 Å². The highest BCUT2D eigenvalue weighted by Crippen LogP contribution is 2.40. The monoisotopic (exact) mass is 516 g/mol. The van der Waals surface area contributed by atoms with Crippen molar-refractivity contribution < 1.29 is 14.3 Å². The van der Waals surface area contributed by atoms with Gasteiger partial charge in [0.1, 0.15) is 18.1 Å². The second-order valence-corrected chi connectivity index (χ2v) is 9.89. The first-order valence-electron chi connectivity index (χ1n) is 13.0. The molecule has 1 aliphatic rings. The summed E-state index contributed by atoms with van der Waals surface area (Å²) in [6, 6.07) is 24.3. The number of aromatic amines is 1. The molecule has 0 aliphatic carbocycles. The van der Waals surface area contributed by atoms with E-state index in [1.807, 2.05) is 41.3 Å². The van der Waals surface area contributed by atoms with E-state index in [1.54, 1.807) is 7.11 Å². The summed E-state index contributed by atoms with van der Waals surface area (Å²) >= 11 is 5.84. The summed E-state index contributed by atoms with van der Waals surface area (Å²) in [6.45, 7) is 1.20. The number of carbonyl (C=O) groups excluding carboxylic acids is 1. The molecule has 0 spiro atoms. The summed E-state index contributed by atoms with van der Waals surface area (Å²) in [5.41, 5.74) is 5.61. The molecule has 1 amide bonds. The predicted molar refractivity (Wildman–Crippen MR) is 149 cm³/mol. The lowest BCUT2D eigenvalue weighted by Gasteiger charge is -2.36. The number of methoxy groups -OCH3 is 1. The minimum absolute atomic E-state index is 0.175. The zero-order valence-corrected chi connectivity index (χ0v) is 22.0. The minimum Gasteiger partial charge on any atom is -0.497 e. The fraction of sp³-hybridized carbons (Fsp3) is 0.323. The normalized spacial score (nSPS) is 15.0. The Labute approximate surface area is 223 Å². The molecule has 0 bridgehead atoms. The van der Waals surface area contributed by atoms with Crippen LogP contribution in [0.1, 0.15) is 54.1 Å². The molecule has 192 valence electrons. The van der Waals surface area contributed by atoms with Gasteiger partial charge in [-0.05, 0) is 66.3 Å². The van der Waals surface area contributed by atoms with Gasteiger partial charge in [0.2, 0.25) is 5.91 Å². The lowest BCUT2D eigenvalue weighted by Crippen LogP contribution is -2.40. The highest BCUT2D eigenvalue weighted by atomic mass is 35.5. The number of rotatable bonds is 10. The van der Waals surface area contributed by atoms with Crippen LogP contribution in [-0.4, -0.2) is 35.3 Å². The van der Waals surface area contributed by atoms with Crippen LogP contribution in [0.2, 0.25) is 0 Å². The van der Waals surface area contributed by atoms with Gasteiger partial charge in [-0.25, -0.2) is 0 Å². The number of nitrogens with zero attached hydrogens (tertiary/aromatic N) is 1. The molecule has 5 rings (SSSR count). The predicted octanol–water partition coefficient (Wildman–Crippen LogP) is 7.03. The fourth-order valence-electron chi connectivity index (χ4n) is 5.19. The average Bonchev–Trinajstić information content (AvgIpc) is 3.32. The van der Waals surface area contributed by atoms with E-state index in [9.17, 15) is 4.79 Å². The molecule has 0 saturated carbocycles. The number of ether oxygens (including phenoxy) is 2. The van der Waals surface area contributed by atoms with E-state index < -0.39 is 0 Å².